The predicted molar refractivity (Wildman–Crippen MR) is 90.7 cm³/mol. The van der Waals surface area contributed by atoms with Gasteiger partial charge < -0.3 is 14.3 Å². The molecule has 25 heavy (non-hydrogen) atoms. The third kappa shape index (κ3) is 3.52. The zero-order chi connectivity index (χ0) is 17.8. The molecule has 1 amide bonds. The minimum Gasteiger partial charge on any atom is -0.504 e. The first-order chi connectivity index (χ1) is 12.1. The Kier molecular flexibility index (Phi) is 4.51. The molecule has 3 N–H and O–H groups in total. The molecule has 0 aliphatic rings. The Labute approximate surface area is 143 Å². The van der Waals surface area contributed by atoms with Crippen LogP contribution in [0.4, 0.5) is 0 Å². The van der Waals surface area contributed by atoms with E-state index >= 15 is 0 Å². The van der Waals surface area contributed by atoms with E-state index in [4.69, 9.17) is 9.15 Å². The molecular weight excluding hydrogens is 324 g/mol. The van der Waals surface area contributed by atoms with Gasteiger partial charge >= 0.3 is 0 Å². The third-order valence-corrected chi connectivity index (χ3v) is 3.44. The first-order valence-electron chi connectivity index (χ1n) is 7.40. The number of ether oxygens (including phenoxy) is 1. The monoisotopic (exact) mass is 340 g/mol. The SMILES string of the molecule is COc1cccc(C=NNC(=O)c2cc(-c3ccc(C)o3)[nH]n2)c1O. The van der Waals surface area contributed by atoms with Crippen LogP contribution in [0.1, 0.15) is 21.8 Å². The molecule has 2 heterocycles. The van der Waals surface area contributed by atoms with Crippen molar-refractivity contribution in [3.63, 3.8) is 0 Å². The lowest BCUT2D eigenvalue weighted by atomic mass is 10.2. The average Bonchev–Trinajstić information content (AvgIpc) is 3.25. The molecule has 3 aromatic rings. The molecule has 8 heteroatoms. The molecule has 0 spiro atoms. The van der Waals surface area contributed by atoms with Crippen molar-refractivity contribution in [3.05, 3.63) is 53.4 Å². The number of carbonyl (C=O) groups excluding carboxylic acids is 1. The highest BCUT2D eigenvalue weighted by atomic mass is 16.5. The molecule has 0 atom stereocenters. The molecule has 1 aromatic carbocycles. The molecule has 0 aliphatic heterocycles. The lowest BCUT2D eigenvalue weighted by Crippen LogP contribution is -2.18. The van der Waals surface area contributed by atoms with Crippen molar-refractivity contribution >= 4 is 12.1 Å². The van der Waals surface area contributed by atoms with Crippen LogP contribution in [-0.2, 0) is 0 Å². The maximum Gasteiger partial charge on any atom is 0.291 e. The number of aryl methyl sites for hydroxylation is 1. The Hall–Kier alpha value is -3.55. The second-order valence-corrected chi connectivity index (χ2v) is 5.17. The molecule has 0 saturated carbocycles. The van der Waals surface area contributed by atoms with Gasteiger partial charge in [-0.05, 0) is 31.2 Å². The van der Waals surface area contributed by atoms with Crippen LogP contribution in [0.5, 0.6) is 11.5 Å². The highest BCUT2D eigenvalue weighted by molar-refractivity contribution is 5.94. The van der Waals surface area contributed by atoms with Gasteiger partial charge in [-0.3, -0.25) is 9.89 Å². The minimum atomic E-state index is -0.496. The number of hydrogen-bond donors (Lipinski definition) is 3. The van der Waals surface area contributed by atoms with E-state index in [1.165, 1.54) is 13.3 Å². The normalized spacial score (nSPS) is 11.0. The summed E-state index contributed by atoms with van der Waals surface area (Å²) in [5.41, 5.74) is 3.51. The fraction of sp³-hybridized carbons (Fsp3) is 0.118. The fourth-order valence-electron chi connectivity index (χ4n) is 2.17. The number of aromatic amines is 1. The van der Waals surface area contributed by atoms with E-state index in [1.807, 2.05) is 13.0 Å². The van der Waals surface area contributed by atoms with Gasteiger partial charge in [0.15, 0.2) is 23.0 Å². The average molecular weight is 340 g/mol. The van der Waals surface area contributed by atoms with Crippen LogP contribution in [0.25, 0.3) is 11.5 Å². The molecule has 0 bridgehead atoms. The van der Waals surface area contributed by atoms with E-state index in [1.54, 1.807) is 30.3 Å². The quantitative estimate of drug-likeness (QED) is 0.488. The van der Waals surface area contributed by atoms with Crippen molar-refractivity contribution in [2.24, 2.45) is 5.10 Å². The van der Waals surface area contributed by atoms with E-state index in [-0.39, 0.29) is 11.4 Å². The molecule has 0 aliphatic carbocycles. The van der Waals surface area contributed by atoms with E-state index in [9.17, 15) is 9.90 Å². The van der Waals surface area contributed by atoms with Crippen molar-refractivity contribution in [1.29, 1.82) is 0 Å². The molecule has 2 aromatic heterocycles. The largest absolute Gasteiger partial charge is 0.504 e. The van der Waals surface area contributed by atoms with Gasteiger partial charge in [0.05, 0.1) is 13.3 Å². The highest BCUT2D eigenvalue weighted by Crippen LogP contribution is 2.27. The summed E-state index contributed by atoms with van der Waals surface area (Å²) in [5.74, 6) is 1.12. The van der Waals surface area contributed by atoms with Crippen LogP contribution >= 0.6 is 0 Å². The standard InChI is InChI=1S/C17H16N4O4/c1-10-6-7-14(25-10)12-8-13(20-19-12)17(23)21-18-9-11-4-3-5-15(24-2)16(11)22/h3-9,22H,1-2H3,(H,19,20)(H,21,23). The smallest absolute Gasteiger partial charge is 0.291 e. The van der Waals surface area contributed by atoms with Crippen molar-refractivity contribution in [3.8, 4) is 23.0 Å². The van der Waals surface area contributed by atoms with Crippen LogP contribution in [0.15, 0.2) is 45.9 Å². The topological polar surface area (TPSA) is 113 Å². The Morgan fingerprint density at radius 2 is 2.24 bits per heavy atom. The fourth-order valence-corrected chi connectivity index (χ4v) is 2.17. The maximum atomic E-state index is 12.1. The van der Waals surface area contributed by atoms with Crippen molar-refractivity contribution < 1.29 is 19.1 Å². The molecule has 8 nitrogen and oxygen atoms in total. The Bertz CT molecular complexity index is 926. The number of phenolic OH excluding ortho intramolecular Hbond substituents is 1. The molecule has 0 saturated heterocycles. The number of H-pyrrole nitrogens is 1. The van der Waals surface area contributed by atoms with E-state index in [0.29, 0.717) is 22.8 Å². The Morgan fingerprint density at radius 3 is 2.96 bits per heavy atom. The number of para-hydroxylation sites is 1. The van der Waals surface area contributed by atoms with E-state index in [0.717, 1.165) is 5.76 Å². The molecule has 0 unspecified atom stereocenters. The van der Waals surface area contributed by atoms with Gasteiger partial charge in [0, 0.05) is 11.6 Å². The van der Waals surface area contributed by atoms with Gasteiger partial charge in [0.25, 0.3) is 5.91 Å². The number of hydrazone groups is 1. The first-order valence-corrected chi connectivity index (χ1v) is 7.40. The number of phenols is 1. The summed E-state index contributed by atoms with van der Waals surface area (Å²) < 4.78 is 10.5. The summed E-state index contributed by atoms with van der Waals surface area (Å²) in [6.07, 6.45) is 1.32. The number of nitrogens with zero attached hydrogens (tertiary/aromatic N) is 2. The van der Waals surface area contributed by atoms with Crippen molar-refractivity contribution in [2.75, 3.05) is 7.11 Å². The number of aromatic nitrogens is 2. The predicted octanol–water partition coefficient (Wildman–Crippen LogP) is 2.46. The molecule has 0 radical (unpaired) electrons. The number of nitrogens with one attached hydrogen (secondary N) is 2. The summed E-state index contributed by atoms with van der Waals surface area (Å²) >= 11 is 0. The molecule has 3 rings (SSSR count). The van der Waals surface area contributed by atoms with E-state index in [2.05, 4.69) is 20.7 Å². The van der Waals surface area contributed by atoms with Gasteiger partial charge in [-0.2, -0.15) is 10.2 Å². The molecule has 128 valence electrons. The number of hydrogen-bond acceptors (Lipinski definition) is 6. The van der Waals surface area contributed by atoms with Gasteiger partial charge in [-0.15, -0.1) is 0 Å². The number of methoxy groups -OCH3 is 1. The molecule has 0 fully saturated rings. The number of aromatic hydroxyl groups is 1. The Balaban J connectivity index is 1.68. The summed E-state index contributed by atoms with van der Waals surface area (Å²) in [5, 5.41) is 20.4. The highest BCUT2D eigenvalue weighted by Gasteiger charge is 2.13. The van der Waals surface area contributed by atoms with Crippen LogP contribution in [-0.4, -0.2) is 34.5 Å². The second kappa shape index (κ2) is 6.91. The summed E-state index contributed by atoms with van der Waals surface area (Å²) in [7, 11) is 1.45. The molecular formula is C17H16N4O4. The van der Waals surface area contributed by atoms with E-state index < -0.39 is 5.91 Å². The van der Waals surface area contributed by atoms with Crippen LogP contribution in [0, 0.1) is 6.92 Å². The van der Waals surface area contributed by atoms with Crippen LogP contribution in [0.3, 0.4) is 0 Å². The number of benzene rings is 1. The third-order valence-electron chi connectivity index (χ3n) is 3.44. The summed E-state index contributed by atoms with van der Waals surface area (Å²) in [6, 6.07) is 10.1. The minimum absolute atomic E-state index is 0.0572. The second-order valence-electron chi connectivity index (χ2n) is 5.17. The van der Waals surface area contributed by atoms with Gasteiger partial charge in [0.2, 0.25) is 0 Å². The van der Waals surface area contributed by atoms with Gasteiger partial charge in [0.1, 0.15) is 11.5 Å². The number of carbonyl (C=O) groups is 1. The zero-order valence-corrected chi connectivity index (χ0v) is 13.6. The maximum absolute atomic E-state index is 12.1. The van der Waals surface area contributed by atoms with Crippen molar-refractivity contribution in [1.82, 2.24) is 15.6 Å². The van der Waals surface area contributed by atoms with Crippen LogP contribution < -0.4 is 10.2 Å². The van der Waals surface area contributed by atoms with Crippen LogP contribution in [0.2, 0.25) is 0 Å². The summed E-state index contributed by atoms with van der Waals surface area (Å²) in [4.78, 5) is 12.1. The zero-order valence-electron chi connectivity index (χ0n) is 13.6. The number of amides is 1. The number of furan rings is 1. The van der Waals surface area contributed by atoms with Crippen molar-refractivity contribution in [2.45, 2.75) is 6.92 Å². The summed E-state index contributed by atoms with van der Waals surface area (Å²) in [6.45, 7) is 1.83. The van der Waals surface area contributed by atoms with Gasteiger partial charge in [-0.1, -0.05) is 6.07 Å². The Morgan fingerprint density at radius 1 is 1.40 bits per heavy atom. The number of rotatable bonds is 5. The lowest BCUT2D eigenvalue weighted by molar-refractivity contribution is 0.0950. The first kappa shape index (κ1) is 16.3. The lowest BCUT2D eigenvalue weighted by Gasteiger charge is -2.04. The van der Waals surface area contributed by atoms with Gasteiger partial charge in [-0.25, -0.2) is 5.43 Å².